The van der Waals surface area contributed by atoms with E-state index in [1.165, 1.54) is 11.1 Å². The molecule has 0 fully saturated rings. The molecule has 3 heteroatoms. The molecule has 0 radical (unpaired) electrons. The minimum Gasteiger partial charge on any atom is -0.310 e. The van der Waals surface area contributed by atoms with Gasteiger partial charge in [0.05, 0.1) is 0 Å². The fourth-order valence-electron chi connectivity index (χ4n) is 2.16. The molecule has 0 saturated carbocycles. The summed E-state index contributed by atoms with van der Waals surface area (Å²) >= 11 is 0. The van der Waals surface area contributed by atoms with Crippen LogP contribution in [0.25, 0.3) is 0 Å². The molecule has 2 rings (SSSR count). The number of H-pyrrole nitrogens is 1. The molecule has 0 unspecified atom stereocenters. The quantitative estimate of drug-likeness (QED) is 0.899. The molecule has 1 heterocycles. The number of rotatable bonds is 3. The van der Waals surface area contributed by atoms with Crippen molar-refractivity contribution in [3.05, 3.63) is 62.8 Å². The second kappa shape index (κ2) is 5.17. The second-order valence-corrected chi connectivity index (χ2v) is 4.53. The lowest BCUT2D eigenvalue weighted by Crippen LogP contribution is -2.18. The number of aromatic amines is 1. The third-order valence-corrected chi connectivity index (χ3v) is 3.24. The van der Waals surface area contributed by atoms with Gasteiger partial charge in [0, 0.05) is 17.7 Å². The van der Waals surface area contributed by atoms with E-state index in [-0.39, 0.29) is 5.56 Å². The molecule has 0 spiro atoms. The normalized spacial score (nSPS) is 10.6. The highest BCUT2D eigenvalue weighted by molar-refractivity contribution is 5.29. The Bertz CT molecular complexity index is 614. The van der Waals surface area contributed by atoms with Gasteiger partial charge in [0.25, 0.3) is 5.56 Å². The lowest BCUT2D eigenvalue weighted by Gasteiger charge is -2.07. The standard InChI is InChI=1S/C15H18N2O/c1-4-13-11(3)16-14(17-15(13)18)9-12-8-6-5-7-10(12)2/h5-8H,4,9H2,1-3H3,(H,16,17,18). The van der Waals surface area contributed by atoms with Gasteiger partial charge in [-0.25, -0.2) is 4.98 Å². The Labute approximate surface area is 107 Å². The Morgan fingerprint density at radius 2 is 1.94 bits per heavy atom. The Morgan fingerprint density at radius 1 is 1.22 bits per heavy atom. The first-order chi connectivity index (χ1) is 8.61. The van der Waals surface area contributed by atoms with Gasteiger partial charge >= 0.3 is 0 Å². The van der Waals surface area contributed by atoms with E-state index in [2.05, 4.69) is 29.0 Å². The number of hydrogen-bond donors (Lipinski definition) is 1. The van der Waals surface area contributed by atoms with Crippen LogP contribution in [0.1, 0.15) is 35.1 Å². The number of aryl methyl sites for hydroxylation is 2. The molecule has 0 bridgehead atoms. The van der Waals surface area contributed by atoms with Crippen LogP contribution in [0, 0.1) is 13.8 Å². The van der Waals surface area contributed by atoms with E-state index in [0.717, 1.165) is 23.5 Å². The fraction of sp³-hybridized carbons (Fsp3) is 0.333. The third kappa shape index (κ3) is 2.50. The number of aromatic nitrogens is 2. The molecule has 1 N–H and O–H groups in total. The molecule has 1 aromatic carbocycles. The number of hydrogen-bond acceptors (Lipinski definition) is 2. The smallest absolute Gasteiger partial charge is 0.254 e. The SMILES string of the molecule is CCc1c(C)nc(Cc2ccccc2C)[nH]c1=O. The van der Waals surface area contributed by atoms with Gasteiger partial charge in [-0.1, -0.05) is 31.2 Å². The summed E-state index contributed by atoms with van der Waals surface area (Å²) in [6.45, 7) is 5.94. The van der Waals surface area contributed by atoms with Gasteiger partial charge in [-0.15, -0.1) is 0 Å². The molecule has 0 amide bonds. The number of benzene rings is 1. The highest BCUT2D eigenvalue weighted by atomic mass is 16.1. The fourth-order valence-corrected chi connectivity index (χ4v) is 2.16. The molecule has 3 nitrogen and oxygen atoms in total. The molecule has 94 valence electrons. The van der Waals surface area contributed by atoms with Gasteiger partial charge in [0.15, 0.2) is 0 Å². The van der Waals surface area contributed by atoms with Crippen molar-refractivity contribution in [3.63, 3.8) is 0 Å². The van der Waals surface area contributed by atoms with Crippen LogP contribution in [0.5, 0.6) is 0 Å². The molecule has 18 heavy (non-hydrogen) atoms. The summed E-state index contributed by atoms with van der Waals surface area (Å²) in [6, 6.07) is 8.16. The summed E-state index contributed by atoms with van der Waals surface area (Å²) in [7, 11) is 0. The maximum Gasteiger partial charge on any atom is 0.254 e. The van der Waals surface area contributed by atoms with Crippen LogP contribution >= 0.6 is 0 Å². The predicted octanol–water partition coefficient (Wildman–Crippen LogP) is 2.54. The van der Waals surface area contributed by atoms with Crippen molar-refractivity contribution in [2.45, 2.75) is 33.6 Å². The van der Waals surface area contributed by atoms with E-state index in [9.17, 15) is 4.79 Å². The highest BCUT2D eigenvalue weighted by Crippen LogP contribution is 2.11. The molecule has 2 aromatic rings. The lowest BCUT2D eigenvalue weighted by atomic mass is 10.1. The van der Waals surface area contributed by atoms with Crippen LogP contribution < -0.4 is 5.56 Å². The molecule has 0 aliphatic carbocycles. The van der Waals surface area contributed by atoms with Gasteiger partial charge in [-0.2, -0.15) is 0 Å². The van der Waals surface area contributed by atoms with Gasteiger partial charge in [0.2, 0.25) is 0 Å². The Kier molecular flexibility index (Phi) is 3.60. The topological polar surface area (TPSA) is 45.8 Å². The highest BCUT2D eigenvalue weighted by Gasteiger charge is 2.07. The zero-order valence-corrected chi connectivity index (χ0v) is 11.1. The van der Waals surface area contributed by atoms with Crippen LogP contribution in [-0.4, -0.2) is 9.97 Å². The predicted molar refractivity (Wildman–Crippen MR) is 73.0 cm³/mol. The third-order valence-electron chi connectivity index (χ3n) is 3.24. The maximum absolute atomic E-state index is 11.9. The molecule has 0 atom stereocenters. The van der Waals surface area contributed by atoms with E-state index in [4.69, 9.17) is 0 Å². The molecular formula is C15H18N2O. The monoisotopic (exact) mass is 242 g/mol. The number of nitrogens with one attached hydrogen (secondary N) is 1. The molecule has 1 aromatic heterocycles. The first-order valence-corrected chi connectivity index (χ1v) is 6.25. The van der Waals surface area contributed by atoms with Crippen molar-refractivity contribution in [2.24, 2.45) is 0 Å². The van der Waals surface area contributed by atoms with E-state index in [1.54, 1.807) is 0 Å². The summed E-state index contributed by atoms with van der Waals surface area (Å²) < 4.78 is 0. The zero-order valence-electron chi connectivity index (χ0n) is 11.1. The maximum atomic E-state index is 11.9. The Hall–Kier alpha value is -1.90. The van der Waals surface area contributed by atoms with Crippen molar-refractivity contribution in [1.29, 1.82) is 0 Å². The Morgan fingerprint density at radius 3 is 2.56 bits per heavy atom. The molecule has 0 aliphatic rings. The minimum atomic E-state index is -0.00594. The molecular weight excluding hydrogens is 224 g/mol. The van der Waals surface area contributed by atoms with Crippen molar-refractivity contribution >= 4 is 0 Å². The molecule has 0 saturated heterocycles. The van der Waals surface area contributed by atoms with E-state index in [1.807, 2.05) is 26.0 Å². The average Bonchev–Trinajstić information content (AvgIpc) is 2.32. The van der Waals surface area contributed by atoms with E-state index in [0.29, 0.717) is 6.42 Å². The van der Waals surface area contributed by atoms with Crippen molar-refractivity contribution in [2.75, 3.05) is 0 Å². The first kappa shape index (κ1) is 12.6. The summed E-state index contributed by atoms with van der Waals surface area (Å²) in [6.07, 6.45) is 1.39. The lowest BCUT2D eigenvalue weighted by molar-refractivity contribution is 0.876. The number of nitrogens with zero attached hydrogens (tertiary/aromatic N) is 1. The molecule has 0 aliphatic heterocycles. The van der Waals surface area contributed by atoms with Crippen molar-refractivity contribution in [3.8, 4) is 0 Å². The van der Waals surface area contributed by atoms with Crippen LogP contribution in [-0.2, 0) is 12.8 Å². The summed E-state index contributed by atoms with van der Waals surface area (Å²) in [5.74, 6) is 0.740. The summed E-state index contributed by atoms with van der Waals surface area (Å²) in [5.41, 5.74) is 4.03. The van der Waals surface area contributed by atoms with Crippen LogP contribution in [0.4, 0.5) is 0 Å². The van der Waals surface area contributed by atoms with Gasteiger partial charge in [-0.05, 0) is 31.4 Å². The summed E-state index contributed by atoms with van der Waals surface area (Å²) in [4.78, 5) is 19.2. The van der Waals surface area contributed by atoms with E-state index >= 15 is 0 Å². The van der Waals surface area contributed by atoms with E-state index < -0.39 is 0 Å². The van der Waals surface area contributed by atoms with Gasteiger partial charge in [0.1, 0.15) is 5.82 Å². The van der Waals surface area contributed by atoms with Crippen LogP contribution in [0.2, 0.25) is 0 Å². The first-order valence-electron chi connectivity index (χ1n) is 6.25. The largest absolute Gasteiger partial charge is 0.310 e. The minimum absolute atomic E-state index is 0.00594. The average molecular weight is 242 g/mol. The van der Waals surface area contributed by atoms with Crippen LogP contribution in [0.3, 0.4) is 0 Å². The Balaban J connectivity index is 2.37. The van der Waals surface area contributed by atoms with Crippen molar-refractivity contribution < 1.29 is 0 Å². The van der Waals surface area contributed by atoms with Gasteiger partial charge < -0.3 is 4.98 Å². The summed E-state index contributed by atoms with van der Waals surface area (Å²) in [5, 5.41) is 0. The van der Waals surface area contributed by atoms with Crippen LogP contribution in [0.15, 0.2) is 29.1 Å². The zero-order chi connectivity index (χ0) is 13.1. The second-order valence-electron chi connectivity index (χ2n) is 4.53. The van der Waals surface area contributed by atoms with Gasteiger partial charge in [-0.3, -0.25) is 4.79 Å². The van der Waals surface area contributed by atoms with Crippen molar-refractivity contribution in [1.82, 2.24) is 9.97 Å².